The fraction of sp³-hybridized carbons (Fsp3) is 0.278. The van der Waals surface area contributed by atoms with Gasteiger partial charge < -0.3 is 9.73 Å². The summed E-state index contributed by atoms with van der Waals surface area (Å²) >= 11 is 0. The van der Waals surface area contributed by atoms with Gasteiger partial charge in [0.1, 0.15) is 5.76 Å². The number of furan rings is 1. The van der Waals surface area contributed by atoms with Crippen molar-refractivity contribution >= 4 is 23.4 Å². The second-order valence-electron chi connectivity index (χ2n) is 6.01. The Morgan fingerprint density at radius 1 is 1.17 bits per heavy atom. The van der Waals surface area contributed by atoms with E-state index in [1.807, 2.05) is 13.0 Å². The fourth-order valence-electron chi connectivity index (χ4n) is 2.76. The molecule has 0 unspecified atom stereocenters. The van der Waals surface area contributed by atoms with E-state index in [1.54, 1.807) is 31.2 Å². The van der Waals surface area contributed by atoms with E-state index >= 15 is 0 Å². The number of rotatable bonds is 3. The van der Waals surface area contributed by atoms with Crippen LogP contribution in [0.3, 0.4) is 0 Å². The molecule has 2 heterocycles. The molecule has 124 valence electrons. The Labute approximate surface area is 139 Å². The van der Waals surface area contributed by atoms with E-state index in [-0.39, 0.29) is 42.2 Å². The van der Waals surface area contributed by atoms with Crippen LogP contribution in [-0.2, 0) is 9.59 Å². The van der Waals surface area contributed by atoms with Gasteiger partial charge in [0.05, 0.1) is 0 Å². The number of benzene rings is 1. The highest BCUT2D eigenvalue weighted by atomic mass is 16.3. The third kappa shape index (κ3) is 3.37. The van der Waals surface area contributed by atoms with Gasteiger partial charge in [-0.15, -0.1) is 0 Å². The largest absolute Gasteiger partial charge is 0.456 e. The molecule has 0 aliphatic carbocycles. The second-order valence-corrected chi connectivity index (χ2v) is 6.01. The zero-order valence-corrected chi connectivity index (χ0v) is 13.5. The molecule has 1 saturated heterocycles. The lowest BCUT2D eigenvalue weighted by atomic mass is 9.89. The Morgan fingerprint density at radius 2 is 1.88 bits per heavy atom. The Bertz CT molecular complexity index is 787. The number of aryl methyl sites for hydroxylation is 2. The maximum Gasteiger partial charge on any atom is 0.291 e. The first-order valence-corrected chi connectivity index (χ1v) is 7.73. The molecule has 0 radical (unpaired) electrons. The van der Waals surface area contributed by atoms with Crippen molar-refractivity contribution in [3.05, 3.63) is 53.0 Å². The van der Waals surface area contributed by atoms with Gasteiger partial charge in [-0.2, -0.15) is 0 Å². The number of anilines is 1. The van der Waals surface area contributed by atoms with Gasteiger partial charge in [-0.05, 0) is 43.2 Å². The third-order valence-electron chi connectivity index (χ3n) is 4.15. The van der Waals surface area contributed by atoms with Crippen molar-refractivity contribution in [2.45, 2.75) is 32.6 Å². The molecule has 1 aliphatic heterocycles. The SMILES string of the molecule is Cc1cc(C(=O)Nc2cccc(C3CC(=O)NC(=O)C3)c2)oc1C. The van der Waals surface area contributed by atoms with Crippen LogP contribution in [-0.4, -0.2) is 17.7 Å². The molecule has 6 nitrogen and oxygen atoms in total. The molecular formula is C18H18N2O4. The monoisotopic (exact) mass is 326 g/mol. The van der Waals surface area contributed by atoms with Gasteiger partial charge in [0.15, 0.2) is 5.76 Å². The molecule has 2 N–H and O–H groups in total. The Hall–Kier alpha value is -2.89. The number of hydrogen-bond acceptors (Lipinski definition) is 4. The lowest BCUT2D eigenvalue weighted by molar-refractivity contribution is -0.133. The fourth-order valence-corrected chi connectivity index (χ4v) is 2.76. The van der Waals surface area contributed by atoms with E-state index in [1.165, 1.54) is 0 Å². The summed E-state index contributed by atoms with van der Waals surface area (Å²) < 4.78 is 5.41. The van der Waals surface area contributed by atoms with Gasteiger partial charge >= 0.3 is 0 Å². The minimum Gasteiger partial charge on any atom is -0.456 e. The number of imide groups is 1. The van der Waals surface area contributed by atoms with E-state index in [0.29, 0.717) is 11.4 Å². The lowest BCUT2D eigenvalue weighted by Crippen LogP contribution is -2.37. The summed E-state index contributed by atoms with van der Waals surface area (Å²) in [5.41, 5.74) is 2.37. The predicted molar refractivity (Wildman–Crippen MR) is 87.7 cm³/mol. The van der Waals surface area contributed by atoms with Crippen molar-refractivity contribution in [2.24, 2.45) is 0 Å². The van der Waals surface area contributed by atoms with Crippen LogP contribution in [0.4, 0.5) is 5.69 Å². The minimum absolute atomic E-state index is 0.170. The summed E-state index contributed by atoms with van der Waals surface area (Å²) in [5, 5.41) is 5.08. The summed E-state index contributed by atoms with van der Waals surface area (Å²) in [4.78, 5) is 35.3. The van der Waals surface area contributed by atoms with Gasteiger partial charge in [0, 0.05) is 24.4 Å². The predicted octanol–water partition coefficient (Wildman–Crippen LogP) is 2.67. The van der Waals surface area contributed by atoms with Crippen molar-refractivity contribution in [3.8, 4) is 0 Å². The Kier molecular flexibility index (Phi) is 4.20. The average molecular weight is 326 g/mol. The van der Waals surface area contributed by atoms with Crippen LogP contribution in [0.2, 0.25) is 0 Å². The van der Waals surface area contributed by atoms with Crippen LogP contribution in [0.5, 0.6) is 0 Å². The molecule has 24 heavy (non-hydrogen) atoms. The maximum absolute atomic E-state index is 12.2. The zero-order chi connectivity index (χ0) is 17.3. The Balaban J connectivity index is 1.76. The smallest absolute Gasteiger partial charge is 0.291 e. The number of amides is 3. The molecule has 1 aromatic carbocycles. The van der Waals surface area contributed by atoms with Crippen LogP contribution in [0, 0.1) is 13.8 Å². The highest BCUT2D eigenvalue weighted by Gasteiger charge is 2.26. The zero-order valence-electron chi connectivity index (χ0n) is 13.5. The second kappa shape index (κ2) is 6.31. The number of hydrogen-bond donors (Lipinski definition) is 2. The molecule has 1 fully saturated rings. The molecular weight excluding hydrogens is 308 g/mol. The third-order valence-corrected chi connectivity index (χ3v) is 4.15. The average Bonchev–Trinajstić information content (AvgIpc) is 2.86. The first kappa shape index (κ1) is 16.0. The molecule has 0 atom stereocenters. The van der Waals surface area contributed by atoms with Gasteiger partial charge in [0.25, 0.3) is 5.91 Å². The summed E-state index contributed by atoms with van der Waals surface area (Å²) in [6.07, 6.45) is 0.527. The van der Waals surface area contributed by atoms with Gasteiger partial charge in [0.2, 0.25) is 11.8 Å². The first-order chi connectivity index (χ1) is 11.4. The van der Waals surface area contributed by atoms with Crippen LogP contribution in [0.25, 0.3) is 0 Å². The molecule has 0 bridgehead atoms. The summed E-state index contributed by atoms with van der Waals surface area (Å²) in [6, 6.07) is 8.89. The number of carbonyl (C=O) groups is 3. The van der Waals surface area contributed by atoms with Crippen LogP contribution >= 0.6 is 0 Å². The molecule has 3 amide bonds. The summed E-state index contributed by atoms with van der Waals surface area (Å²) in [6.45, 7) is 3.68. The van der Waals surface area contributed by atoms with E-state index in [2.05, 4.69) is 10.6 Å². The number of nitrogens with one attached hydrogen (secondary N) is 2. The van der Waals surface area contributed by atoms with Crippen molar-refractivity contribution in [1.29, 1.82) is 0 Å². The van der Waals surface area contributed by atoms with Gasteiger partial charge in [-0.1, -0.05) is 12.1 Å². The van der Waals surface area contributed by atoms with Gasteiger partial charge in [-0.3, -0.25) is 19.7 Å². The molecule has 1 aromatic heterocycles. The summed E-state index contributed by atoms with van der Waals surface area (Å²) in [7, 11) is 0. The van der Waals surface area contributed by atoms with Crippen LogP contribution in [0.1, 0.15) is 46.2 Å². The Morgan fingerprint density at radius 3 is 2.50 bits per heavy atom. The van der Waals surface area contributed by atoms with E-state index in [0.717, 1.165) is 11.1 Å². The van der Waals surface area contributed by atoms with Gasteiger partial charge in [-0.25, -0.2) is 0 Å². The number of carbonyl (C=O) groups excluding carboxylic acids is 3. The highest BCUT2D eigenvalue weighted by molar-refractivity contribution is 6.02. The van der Waals surface area contributed by atoms with Crippen molar-refractivity contribution in [3.63, 3.8) is 0 Å². The molecule has 0 spiro atoms. The first-order valence-electron chi connectivity index (χ1n) is 7.73. The van der Waals surface area contributed by atoms with Crippen LogP contribution in [0.15, 0.2) is 34.7 Å². The minimum atomic E-state index is -0.333. The van der Waals surface area contributed by atoms with Crippen molar-refractivity contribution in [1.82, 2.24) is 5.32 Å². The molecule has 3 rings (SSSR count). The standard InChI is InChI=1S/C18H18N2O4/c1-10-6-15(24-11(10)2)18(23)19-14-5-3-4-12(7-14)13-8-16(21)20-17(22)9-13/h3-7,13H,8-9H2,1-2H3,(H,19,23)(H,20,21,22). The quantitative estimate of drug-likeness (QED) is 0.849. The van der Waals surface area contributed by atoms with Crippen LogP contribution < -0.4 is 10.6 Å². The molecule has 1 aliphatic rings. The number of piperidine rings is 1. The molecule has 6 heteroatoms. The maximum atomic E-state index is 12.2. The van der Waals surface area contributed by atoms with E-state index in [9.17, 15) is 14.4 Å². The summed E-state index contributed by atoms with van der Waals surface area (Å²) in [5.74, 6) is -0.0836. The van der Waals surface area contributed by atoms with E-state index in [4.69, 9.17) is 4.42 Å². The highest BCUT2D eigenvalue weighted by Crippen LogP contribution is 2.28. The molecule has 0 saturated carbocycles. The van der Waals surface area contributed by atoms with Crippen molar-refractivity contribution < 1.29 is 18.8 Å². The normalized spacial score (nSPS) is 15.2. The topological polar surface area (TPSA) is 88.4 Å². The molecule has 2 aromatic rings. The lowest BCUT2D eigenvalue weighted by Gasteiger charge is -2.21. The van der Waals surface area contributed by atoms with Crippen molar-refractivity contribution in [2.75, 3.05) is 5.32 Å². The van der Waals surface area contributed by atoms with E-state index < -0.39 is 0 Å².